The van der Waals surface area contributed by atoms with Crippen molar-refractivity contribution in [1.29, 1.82) is 0 Å². The SMILES string of the molecule is Cc1cc(/C=C2/SC(=S)NC2=O)c(C)[nH]1. The van der Waals surface area contributed by atoms with Gasteiger partial charge in [-0.2, -0.15) is 0 Å². The largest absolute Gasteiger partial charge is 0.362 e. The first-order chi connectivity index (χ1) is 7.06. The first-order valence-electron chi connectivity index (χ1n) is 4.47. The van der Waals surface area contributed by atoms with Crippen molar-refractivity contribution in [2.45, 2.75) is 13.8 Å². The molecule has 2 rings (SSSR count). The number of hydrogen-bond acceptors (Lipinski definition) is 3. The molecule has 2 heterocycles. The number of rotatable bonds is 1. The minimum Gasteiger partial charge on any atom is -0.362 e. The summed E-state index contributed by atoms with van der Waals surface area (Å²) in [5.74, 6) is -0.108. The molecule has 1 aliphatic rings. The van der Waals surface area contributed by atoms with E-state index in [4.69, 9.17) is 12.2 Å². The lowest BCUT2D eigenvalue weighted by atomic mass is 10.2. The van der Waals surface area contributed by atoms with Crippen molar-refractivity contribution in [2.75, 3.05) is 0 Å². The number of aromatic nitrogens is 1. The molecule has 3 nitrogen and oxygen atoms in total. The highest BCUT2D eigenvalue weighted by atomic mass is 32.2. The third-order valence-electron chi connectivity index (χ3n) is 2.12. The summed E-state index contributed by atoms with van der Waals surface area (Å²) in [6.07, 6.45) is 1.86. The van der Waals surface area contributed by atoms with Crippen molar-refractivity contribution in [3.8, 4) is 0 Å². The molecule has 78 valence electrons. The maximum atomic E-state index is 11.4. The Morgan fingerprint density at radius 1 is 1.47 bits per heavy atom. The first kappa shape index (κ1) is 10.4. The van der Waals surface area contributed by atoms with Gasteiger partial charge in [0.25, 0.3) is 5.91 Å². The zero-order valence-corrected chi connectivity index (χ0v) is 10.0. The number of H-pyrrole nitrogens is 1. The summed E-state index contributed by atoms with van der Waals surface area (Å²) in [7, 11) is 0. The zero-order valence-electron chi connectivity index (χ0n) is 8.38. The number of aromatic amines is 1. The van der Waals surface area contributed by atoms with Gasteiger partial charge in [-0.1, -0.05) is 24.0 Å². The van der Waals surface area contributed by atoms with Crippen molar-refractivity contribution in [3.63, 3.8) is 0 Å². The number of aryl methyl sites for hydroxylation is 2. The van der Waals surface area contributed by atoms with E-state index in [-0.39, 0.29) is 5.91 Å². The number of carbonyl (C=O) groups is 1. The highest BCUT2D eigenvalue weighted by Crippen LogP contribution is 2.26. The lowest BCUT2D eigenvalue weighted by Gasteiger charge is -1.92. The summed E-state index contributed by atoms with van der Waals surface area (Å²) in [6.45, 7) is 3.97. The number of thiocarbonyl (C=S) groups is 1. The number of carbonyl (C=O) groups excluding carboxylic acids is 1. The molecule has 0 aliphatic carbocycles. The molecule has 15 heavy (non-hydrogen) atoms. The van der Waals surface area contributed by atoms with E-state index in [0.717, 1.165) is 17.0 Å². The van der Waals surface area contributed by atoms with Crippen molar-refractivity contribution >= 4 is 40.3 Å². The lowest BCUT2D eigenvalue weighted by Crippen LogP contribution is -2.17. The second kappa shape index (κ2) is 3.83. The Bertz CT molecular complexity index is 474. The van der Waals surface area contributed by atoms with Gasteiger partial charge in [-0.15, -0.1) is 0 Å². The maximum absolute atomic E-state index is 11.4. The highest BCUT2D eigenvalue weighted by molar-refractivity contribution is 8.26. The fourth-order valence-electron chi connectivity index (χ4n) is 1.46. The van der Waals surface area contributed by atoms with Crippen LogP contribution < -0.4 is 5.32 Å². The van der Waals surface area contributed by atoms with Gasteiger partial charge in [0.2, 0.25) is 0 Å². The van der Waals surface area contributed by atoms with Crippen LogP contribution in [0.5, 0.6) is 0 Å². The van der Waals surface area contributed by atoms with Crippen LogP contribution in [-0.4, -0.2) is 15.2 Å². The summed E-state index contributed by atoms with van der Waals surface area (Å²) in [6, 6.07) is 2.01. The normalized spacial score (nSPS) is 18.7. The van der Waals surface area contributed by atoms with Gasteiger partial charge in [-0.3, -0.25) is 4.79 Å². The van der Waals surface area contributed by atoms with Crippen LogP contribution in [0.1, 0.15) is 17.0 Å². The summed E-state index contributed by atoms with van der Waals surface area (Å²) in [5, 5.41) is 2.59. The maximum Gasteiger partial charge on any atom is 0.263 e. The average molecular weight is 238 g/mol. The molecule has 1 aromatic rings. The van der Waals surface area contributed by atoms with Gasteiger partial charge in [-0.05, 0) is 31.6 Å². The van der Waals surface area contributed by atoms with Crippen LogP contribution in [0.3, 0.4) is 0 Å². The highest BCUT2D eigenvalue weighted by Gasteiger charge is 2.22. The molecule has 0 unspecified atom stereocenters. The van der Waals surface area contributed by atoms with Crippen LogP contribution in [0, 0.1) is 13.8 Å². The smallest absolute Gasteiger partial charge is 0.263 e. The van der Waals surface area contributed by atoms with Gasteiger partial charge in [0.15, 0.2) is 0 Å². The van der Waals surface area contributed by atoms with Crippen LogP contribution in [0.25, 0.3) is 6.08 Å². The molecule has 0 atom stereocenters. The molecule has 1 fully saturated rings. The Balaban J connectivity index is 2.34. The van der Waals surface area contributed by atoms with Crippen molar-refractivity contribution in [2.24, 2.45) is 0 Å². The van der Waals surface area contributed by atoms with E-state index in [1.54, 1.807) is 0 Å². The average Bonchev–Trinajstić information content (AvgIpc) is 2.58. The van der Waals surface area contributed by atoms with E-state index in [2.05, 4.69) is 10.3 Å². The van der Waals surface area contributed by atoms with E-state index in [0.29, 0.717) is 9.23 Å². The van der Waals surface area contributed by atoms with Crippen LogP contribution in [0.4, 0.5) is 0 Å². The van der Waals surface area contributed by atoms with Gasteiger partial charge >= 0.3 is 0 Å². The molecule has 0 bridgehead atoms. The van der Waals surface area contributed by atoms with Crippen molar-refractivity contribution in [3.05, 3.63) is 27.9 Å². The monoisotopic (exact) mass is 238 g/mol. The van der Waals surface area contributed by atoms with Gasteiger partial charge in [0.1, 0.15) is 4.32 Å². The minimum absolute atomic E-state index is 0.108. The molecule has 0 radical (unpaired) electrons. The van der Waals surface area contributed by atoms with Gasteiger partial charge in [0.05, 0.1) is 4.91 Å². The lowest BCUT2D eigenvalue weighted by molar-refractivity contribution is -0.115. The summed E-state index contributed by atoms with van der Waals surface area (Å²) in [4.78, 5) is 15.3. The van der Waals surface area contributed by atoms with Crippen LogP contribution >= 0.6 is 24.0 Å². The van der Waals surface area contributed by atoms with Crippen LogP contribution in [-0.2, 0) is 4.79 Å². The fraction of sp³-hybridized carbons (Fsp3) is 0.200. The summed E-state index contributed by atoms with van der Waals surface area (Å²) >= 11 is 6.21. The van der Waals surface area contributed by atoms with Crippen LogP contribution in [0.2, 0.25) is 0 Å². The second-order valence-corrected chi connectivity index (χ2v) is 5.10. The Labute approximate surface area is 97.3 Å². The number of thioether (sulfide) groups is 1. The van der Waals surface area contributed by atoms with E-state index in [9.17, 15) is 4.79 Å². The number of nitrogens with one attached hydrogen (secondary N) is 2. The third-order valence-corrected chi connectivity index (χ3v) is 3.28. The predicted molar refractivity (Wildman–Crippen MR) is 66.6 cm³/mol. The molecule has 5 heteroatoms. The van der Waals surface area contributed by atoms with Gasteiger partial charge in [0, 0.05) is 11.4 Å². The minimum atomic E-state index is -0.108. The quantitative estimate of drug-likeness (QED) is 0.582. The Morgan fingerprint density at radius 2 is 2.20 bits per heavy atom. The Hall–Kier alpha value is -1.07. The van der Waals surface area contributed by atoms with E-state index in [1.165, 1.54) is 11.8 Å². The Morgan fingerprint density at radius 3 is 2.67 bits per heavy atom. The summed E-state index contributed by atoms with van der Waals surface area (Å²) in [5.41, 5.74) is 3.19. The molecule has 0 saturated carbocycles. The summed E-state index contributed by atoms with van der Waals surface area (Å²) < 4.78 is 0.524. The Kier molecular flexibility index (Phi) is 2.67. The number of hydrogen-bond donors (Lipinski definition) is 2. The van der Waals surface area contributed by atoms with Crippen molar-refractivity contribution < 1.29 is 4.79 Å². The molecule has 2 N–H and O–H groups in total. The molecule has 1 saturated heterocycles. The molecule has 1 amide bonds. The topological polar surface area (TPSA) is 44.9 Å². The standard InChI is InChI=1S/C10H10N2OS2/c1-5-3-7(6(2)11-5)4-8-9(13)12-10(14)15-8/h3-4,11H,1-2H3,(H,12,13,14)/b8-4+. The first-order valence-corrected chi connectivity index (χ1v) is 5.70. The molecular weight excluding hydrogens is 228 g/mol. The molecular formula is C10H10N2OS2. The van der Waals surface area contributed by atoms with Crippen LogP contribution in [0.15, 0.2) is 11.0 Å². The van der Waals surface area contributed by atoms with E-state index in [1.807, 2.05) is 26.0 Å². The van der Waals surface area contributed by atoms with Crippen molar-refractivity contribution in [1.82, 2.24) is 10.3 Å². The van der Waals surface area contributed by atoms with Gasteiger partial charge < -0.3 is 10.3 Å². The molecule has 0 aromatic carbocycles. The van der Waals surface area contributed by atoms with E-state index >= 15 is 0 Å². The second-order valence-electron chi connectivity index (χ2n) is 3.38. The number of amides is 1. The third kappa shape index (κ3) is 2.13. The molecule has 1 aliphatic heterocycles. The molecule has 1 aromatic heterocycles. The predicted octanol–water partition coefficient (Wildman–Crippen LogP) is 2.12. The molecule has 0 spiro atoms. The fourth-order valence-corrected chi connectivity index (χ4v) is 2.49. The van der Waals surface area contributed by atoms with E-state index < -0.39 is 0 Å². The van der Waals surface area contributed by atoms with Gasteiger partial charge in [-0.25, -0.2) is 0 Å². The zero-order chi connectivity index (χ0) is 11.0.